The van der Waals surface area contributed by atoms with Gasteiger partial charge in [-0.25, -0.2) is 8.42 Å². The van der Waals surface area contributed by atoms with Crippen molar-refractivity contribution in [2.45, 2.75) is 48.6 Å². The van der Waals surface area contributed by atoms with Crippen molar-refractivity contribution < 1.29 is 18.0 Å². The fraction of sp³-hybridized carbons (Fsp3) is 0.360. The van der Waals surface area contributed by atoms with E-state index in [0.29, 0.717) is 37.4 Å². The highest BCUT2D eigenvalue weighted by Gasteiger charge is 2.39. The molecule has 2 amide bonds. The highest BCUT2D eigenvalue weighted by atomic mass is 32.2. The molecule has 2 aromatic carbocycles. The first-order valence-electron chi connectivity index (χ1n) is 11.1. The Hall–Kier alpha value is -2.97. The number of nitrogens with one attached hydrogen (secondary N) is 2. The minimum atomic E-state index is -3.68. The summed E-state index contributed by atoms with van der Waals surface area (Å²) < 4.78 is 27.6. The molecule has 1 aliphatic carbocycles. The van der Waals surface area contributed by atoms with Gasteiger partial charge in [0.25, 0.3) is 5.91 Å². The summed E-state index contributed by atoms with van der Waals surface area (Å²) in [5.74, 6) is -0.131. The highest BCUT2D eigenvalue weighted by molar-refractivity contribution is 7.89. The number of sulfonamides is 1. The number of hydrogen-bond acceptors (Lipinski definition) is 4. The van der Waals surface area contributed by atoms with Gasteiger partial charge in [0.15, 0.2) is 0 Å². The predicted molar refractivity (Wildman–Crippen MR) is 126 cm³/mol. The van der Waals surface area contributed by atoms with Crippen LogP contribution < -0.4 is 10.6 Å². The number of nitrogens with zero attached hydrogens (tertiary/aromatic N) is 1. The molecule has 2 atom stereocenters. The van der Waals surface area contributed by atoms with Gasteiger partial charge >= 0.3 is 0 Å². The molecule has 1 saturated carbocycles. The molecule has 1 aliphatic heterocycles. The Morgan fingerprint density at radius 2 is 1.70 bits per heavy atom. The van der Waals surface area contributed by atoms with Crippen molar-refractivity contribution in [2.24, 2.45) is 0 Å². The van der Waals surface area contributed by atoms with E-state index in [4.69, 9.17) is 0 Å². The van der Waals surface area contributed by atoms with Crippen molar-refractivity contribution >= 4 is 21.8 Å². The summed E-state index contributed by atoms with van der Waals surface area (Å²) in [6.07, 6.45) is 3.15. The number of carbonyl (C=O) groups excluding carboxylic acids is 2. The van der Waals surface area contributed by atoms with Crippen LogP contribution in [-0.4, -0.2) is 49.2 Å². The van der Waals surface area contributed by atoms with E-state index in [1.807, 2.05) is 25.1 Å². The summed E-state index contributed by atoms with van der Waals surface area (Å²) >= 11 is 0. The largest absolute Gasteiger partial charge is 0.349 e. The van der Waals surface area contributed by atoms with E-state index in [1.54, 1.807) is 12.1 Å². The molecule has 2 aromatic rings. The lowest BCUT2D eigenvalue weighted by atomic mass is 9.90. The van der Waals surface area contributed by atoms with Crippen LogP contribution in [0.4, 0.5) is 0 Å². The smallest absolute Gasteiger partial charge is 0.251 e. The van der Waals surface area contributed by atoms with E-state index in [-0.39, 0.29) is 22.8 Å². The molecule has 1 heterocycles. The lowest BCUT2D eigenvalue weighted by molar-refractivity contribution is -0.118. The first kappa shape index (κ1) is 23.2. The summed E-state index contributed by atoms with van der Waals surface area (Å²) in [7, 11) is -3.68. The summed E-state index contributed by atoms with van der Waals surface area (Å²) in [5, 5.41) is 5.92. The van der Waals surface area contributed by atoms with Crippen LogP contribution in [0.15, 0.2) is 72.1 Å². The normalized spacial score (nSPS) is 22.2. The monoisotopic (exact) mass is 467 g/mol. The van der Waals surface area contributed by atoms with Crippen LogP contribution in [0.5, 0.6) is 0 Å². The van der Waals surface area contributed by atoms with Crippen LogP contribution in [0.1, 0.15) is 48.0 Å². The predicted octanol–water partition coefficient (Wildman–Crippen LogP) is 2.82. The standard InChI is InChI=1S/C25H29N3O4S/c1-3-23(29)27-25(2)13-15-28(16-14-25)33(31,32)20-11-9-19(10-12-20)24(30)26-22-17-21(22)18-7-5-4-6-8-18/h3-12,21-22H,1,13-17H2,2H3,(H,26,30)(H,27,29)/t21?,22-/m1/s1. The second-order valence-corrected chi connectivity index (χ2v) is 11.0. The molecule has 1 unspecified atom stereocenters. The molecule has 33 heavy (non-hydrogen) atoms. The maximum Gasteiger partial charge on any atom is 0.251 e. The first-order chi connectivity index (χ1) is 15.7. The van der Waals surface area contributed by atoms with Gasteiger partial charge in [0.05, 0.1) is 4.90 Å². The van der Waals surface area contributed by atoms with Crippen LogP contribution in [0, 0.1) is 0 Å². The third-order valence-corrected chi connectivity index (χ3v) is 8.44. The quantitative estimate of drug-likeness (QED) is 0.612. The zero-order valence-electron chi connectivity index (χ0n) is 18.7. The third kappa shape index (κ3) is 5.17. The van der Waals surface area contributed by atoms with E-state index in [9.17, 15) is 18.0 Å². The van der Waals surface area contributed by atoms with Gasteiger partial charge < -0.3 is 10.6 Å². The fourth-order valence-electron chi connectivity index (χ4n) is 4.30. The Morgan fingerprint density at radius 3 is 2.30 bits per heavy atom. The molecule has 2 fully saturated rings. The van der Waals surface area contributed by atoms with Crippen molar-refractivity contribution in [1.29, 1.82) is 0 Å². The molecule has 2 aliphatic rings. The van der Waals surface area contributed by atoms with Crippen molar-refractivity contribution in [2.75, 3.05) is 13.1 Å². The van der Waals surface area contributed by atoms with Crippen molar-refractivity contribution in [3.63, 3.8) is 0 Å². The number of hydrogen-bond donors (Lipinski definition) is 2. The van der Waals surface area contributed by atoms with Crippen LogP contribution in [-0.2, 0) is 14.8 Å². The number of amides is 2. The molecular formula is C25H29N3O4S. The number of rotatable bonds is 7. The molecule has 0 radical (unpaired) electrons. The highest BCUT2D eigenvalue weighted by Crippen LogP contribution is 2.40. The summed E-state index contributed by atoms with van der Waals surface area (Å²) in [4.78, 5) is 24.4. The number of piperidine rings is 1. The van der Waals surface area contributed by atoms with Gasteiger partial charge in [-0.15, -0.1) is 0 Å². The Bertz CT molecular complexity index is 1140. The molecule has 2 N–H and O–H groups in total. The lowest BCUT2D eigenvalue weighted by Crippen LogP contribution is -2.53. The number of carbonyl (C=O) groups is 2. The molecule has 0 spiro atoms. The maximum absolute atomic E-state index is 13.1. The molecule has 7 nitrogen and oxygen atoms in total. The fourth-order valence-corrected chi connectivity index (χ4v) is 5.74. The van der Waals surface area contributed by atoms with Gasteiger partial charge in [-0.1, -0.05) is 36.9 Å². The molecule has 0 bridgehead atoms. The molecule has 8 heteroatoms. The second kappa shape index (κ2) is 9.11. The topological polar surface area (TPSA) is 95.6 Å². The minimum absolute atomic E-state index is 0.104. The zero-order valence-corrected chi connectivity index (χ0v) is 19.5. The lowest BCUT2D eigenvalue weighted by Gasteiger charge is -2.39. The molecular weight excluding hydrogens is 438 g/mol. The SMILES string of the molecule is C=CC(=O)NC1(C)CCN(S(=O)(=O)c2ccc(C(=O)N[C@@H]3CC3c3ccccc3)cc2)CC1. The average molecular weight is 468 g/mol. The Balaban J connectivity index is 1.35. The molecule has 0 aromatic heterocycles. The van der Waals surface area contributed by atoms with Crippen LogP contribution in [0.2, 0.25) is 0 Å². The van der Waals surface area contributed by atoms with Crippen LogP contribution >= 0.6 is 0 Å². The van der Waals surface area contributed by atoms with Crippen LogP contribution in [0.25, 0.3) is 0 Å². The van der Waals surface area contributed by atoms with E-state index in [0.717, 1.165) is 6.42 Å². The van der Waals surface area contributed by atoms with Gasteiger partial charge in [0, 0.05) is 36.2 Å². The molecule has 1 saturated heterocycles. The van der Waals surface area contributed by atoms with Gasteiger partial charge in [0.2, 0.25) is 15.9 Å². The second-order valence-electron chi connectivity index (χ2n) is 9.02. The van der Waals surface area contributed by atoms with Crippen molar-refractivity contribution in [3.05, 3.63) is 78.4 Å². The Kier molecular flexibility index (Phi) is 6.41. The van der Waals surface area contributed by atoms with Gasteiger partial charge in [-0.2, -0.15) is 4.31 Å². The van der Waals surface area contributed by atoms with E-state index in [2.05, 4.69) is 29.3 Å². The van der Waals surface area contributed by atoms with Crippen molar-refractivity contribution in [1.82, 2.24) is 14.9 Å². The van der Waals surface area contributed by atoms with Gasteiger partial charge in [-0.3, -0.25) is 9.59 Å². The maximum atomic E-state index is 13.1. The average Bonchev–Trinajstić information content (AvgIpc) is 3.58. The third-order valence-electron chi connectivity index (χ3n) is 6.53. The summed E-state index contributed by atoms with van der Waals surface area (Å²) in [5.41, 5.74) is 1.19. The van der Waals surface area contributed by atoms with Gasteiger partial charge in [0.1, 0.15) is 0 Å². The Morgan fingerprint density at radius 1 is 1.06 bits per heavy atom. The minimum Gasteiger partial charge on any atom is -0.349 e. The van der Waals surface area contributed by atoms with Crippen molar-refractivity contribution in [3.8, 4) is 0 Å². The van der Waals surface area contributed by atoms with E-state index < -0.39 is 15.6 Å². The summed E-state index contributed by atoms with van der Waals surface area (Å²) in [6, 6.07) is 16.3. The Labute approximate surface area is 194 Å². The summed E-state index contributed by atoms with van der Waals surface area (Å²) in [6.45, 7) is 5.98. The molecule has 174 valence electrons. The van der Waals surface area contributed by atoms with Crippen LogP contribution in [0.3, 0.4) is 0 Å². The number of benzene rings is 2. The van der Waals surface area contributed by atoms with Gasteiger partial charge in [-0.05, 0) is 62.1 Å². The first-order valence-corrected chi connectivity index (χ1v) is 12.6. The van der Waals surface area contributed by atoms with E-state index in [1.165, 1.54) is 28.1 Å². The van der Waals surface area contributed by atoms with E-state index >= 15 is 0 Å². The molecule has 4 rings (SSSR count). The zero-order chi connectivity index (χ0) is 23.6.